The second-order valence-corrected chi connectivity index (χ2v) is 8.74. The van der Waals surface area contributed by atoms with E-state index in [2.05, 4.69) is 18.7 Å². The molecule has 0 aromatic heterocycles. The molecule has 7 nitrogen and oxygen atoms in total. The smallest absolute Gasteiger partial charge is 0.366 e. The molecule has 1 aromatic carbocycles. The van der Waals surface area contributed by atoms with Gasteiger partial charge in [-0.1, -0.05) is 13.8 Å². The summed E-state index contributed by atoms with van der Waals surface area (Å²) in [5.74, 6) is 0.549. The van der Waals surface area contributed by atoms with Gasteiger partial charge in [0.2, 0.25) is 5.91 Å². The van der Waals surface area contributed by atoms with Crippen molar-refractivity contribution in [2.24, 2.45) is 11.8 Å². The minimum atomic E-state index is -4.64. The summed E-state index contributed by atoms with van der Waals surface area (Å²) >= 11 is 0. The summed E-state index contributed by atoms with van der Waals surface area (Å²) in [6.07, 6.45) is -3.58. The highest BCUT2D eigenvalue weighted by molar-refractivity contribution is 5.79. The van der Waals surface area contributed by atoms with Crippen molar-refractivity contribution in [3.63, 3.8) is 0 Å². The normalized spacial score (nSPS) is 19.2. The fraction of sp³-hybridized carbons (Fsp3) is 0.667. The molecule has 3 rings (SSSR count). The van der Waals surface area contributed by atoms with Gasteiger partial charge in [0.05, 0.1) is 10.5 Å². The van der Waals surface area contributed by atoms with Gasteiger partial charge >= 0.3 is 6.18 Å². The van der Waals surface area contributed by atoms with Gasteiger partial charge in [0.1, 0.15) is 5.69 Å². The van der Waals surface area contributed by atoms with E-state index in [4.69, 9.17) is 0 Å². The lowest BCUT2D eigenvalue weighted by Gasteiger charge is -2.39. The first-order valence-electron chi connectivity index (χ1n) is 10.7. The summed E-state index contributed by atoms with van der Waals surface area (Å²) in [5, 5.41) is 11.4. The van der Waals surface area contributed by atoms with E-state index >= 15 is 0 Å². The second kappa shape index (κ2) is 9.42. The van der Waals surface area contributed by atoms with Crippen LogP contribution in [0.15, 0.2) is 18.2 Å². The van der Waals surface area contributed by atoms with Gasteiger partial charge in [0, 0.05) is 57.8 Å². The number of carbonyl (C=O) groups excluding carboxylic acids is 1. The molecule has 2 heterocycles. The molecule has 172 valence electrons. The van der Waals surface area contributed by atoms with Gasteiger partial charge in [0.15, 0.2) is 0 Å². The van der Waals surface area contributed by atoms with Crippen LogP contribution in [0.1, 0.15) is 32.3 Å². The number of piperidine rings is 1. The third-order valence-electron chi connectivity index (χ3n) is 5.99. The number of anilines is 1. The van der Waals surface area contributed by atoms with Crippen molar-refractivity contribution in [1.82, 2.24) is 9.80 Å². The third kappa shape index (κ3) is 5.66. The Morgan fingerprint density at radius 2 is 1.74 bits per heavy atom. The van der Waals surface area contributed by atoms with E-state index in [0.717, 1.165) is 31.8 Å². The van der Waals surface area contributed by atoms with Gasteiger partial charge in [-0.25, -0.2) is 0 Å². The number of alkyl halides is 3. The molecule has 2 fully saturated rings. The minimum absolute atomic E-state index is 0.116. The molecule has 31 heavy (non-hydrogen) atoms. The molecular weight excluding hydrogens is 413 g/mol. The Morgan fingerprint density at radius 1 is 1.13 bits per heavy atom. The Labute approximate surface area is 179 Å². The van der Waals surface area contributed by atoms with Crippen molar-refractivity contribution in [2.75, 3.05) is 50.7 Å². The van der Waals surface area contributed by atoms with Gasteiger partial charge in [-0.3, -0.25) is 19.8 Å². The largest absolute Gasteiger partial charge is 0.416 e. The Morgan fingerprint density at radius 3 is 2.26 bits per heavy atom. The van der Waals surface area contributed by atoms with Crippen LogP contribution in [0.2, 0.25) is 0 Å². The standard InChI is InChI=1S/C21H29F3N4O3/c1-15(2)14-25-9-11-27(12-10-25)20(29)16-5-7-26(8-6-16)18-4-3-17(21(22,23)24)13-19(18)28(30)31/h3-4,13,15-16H,5-12,14H2,1-2H3. The van der Waals surface area contributed by atoms with Crippen LogP contribution in [-0.4, -0.2) is 66.4 Å². The van der Waals surface area contributed by atoms with E-state index in [-0.39, 0.29) is 17.5 Å². The van der Waals surface area contributed by atoms with Crippen LogP contribution >= 0.6 is 0 Å². The average Bonchev–Trinajstić information content (AvgIpc) is 2.72. The molecule has 1 aromatic rings. The SMILES string of the molecule is CC(C)CN1CCN(C(=O)C2CCN(c3ccc(C(F)(F)F)cc3[N+](=O)[O-])CC2)CC1. The molecule has 0 N–H and O–H groups in total. The molecule has 0 saturated carbocycles. The third-order valence-corrected chi connectivity index (χ3v) is 5.99. The molecule has 0 unspecified atom stereocenters. The number of nitrogens with zero attached hydrogens (tertiary/aromatic N) is 4. The highest BCUT2D eigenvalue weighted by Crippen LogP contribution is 2.37. The number of amides is 1. The number of nitro benzene ring substituents is 1. The van der Waals surface area contributed by atoms with Gasteiger partial charge in [-0.2, -0.15) is 13.2 Å². The minimum Gasteiger partial charge on any atom is -0.366 e. The number of carbonyl (C=O) groups is 1. The van der Waals surface area contributed by atoms with E-state index in [1.165, 1.54) is 0 Å². The Bertz CT molecular complexity index is 800. The molecule has 2 aliphatic rings. The molecule has 2 aliphatic heterocycles. The van der Waals surface area contributed by atoms with Crippen molar-refractivity contribution in [2.45, 2.75) is 32.9 Å². The zero-order chi connectivity index (χ0) is 22.8. The predicted molar refractivity (Wildman–Crippen MR) is 111 cm³/mol. The molecule has 0 aliphatic carbocycles. The van der Waals surface area contributed by atoms with Gasteiger partial charge < -0.3 is 9.80 Å². The van der Waals surface area contributed by atoms with E-state index < -0.39 is 22.4 Å². The van der Waals surface area contributed by atoms with Crippen molar-refractivity contribution >= 4 is 17.3 Å². The molecular formula is C21H29F3N4O3. The first-order chi connectivity index (χ1) is 14.6. The van der Waals surface area contributed by atoms with Crippen molar-refractivity contribution in [3.8, 4) is 0 Å². The van der Waals surface area contributed by atoms with Gasteiger partial charge in [-0.05, 0) is 30.9 Å². The average molecular weight is 442 g/mol. The zero-order valence-electron chi connectivity index (χ0n) is 17.9. The summed E-state index contributed by atoms with van der Waals surface area (Å²) < 4.78 is 38.8. The maximum Gasteiger partial charge on any atom is 0.416 e. The second-order valence-electron chi connectivity index (χ2n) is 8.74. The molecule has 1 amide bonds. The van der Waals surface area contributed by atoms with Crippen molar-refractivity contribution < 1.29 is 22.9 Å². The number of piperazine rings is 1. The molecule has 0 spiro atoms. The van der Waals surface area contributed by atoms with Gasteiger partial charge in [-0.15, -0.1) is 0 Å². The van der Waals surface area contributed by atoms with E-state index in [1.54, 1.807) is 4.90 Å². The Hall–Kier alpha value is -2.36. The first kappa shape index (κ1) is 23.3. The van der Waals surface area contributed by atoms with E-state index in [0.29, 0.717) is 51.0 Å². The number of benzene rings is 1. The topological polar surface area (TPSA) is 69.9 Å². The number of hydrogen-bond donors (Lipinski definition) is 0. The Balaban J connectivity index is 1.60. The van der Waals surface area contributed by atoms with Crippen LogP contribution in [0.4, 0.5) is 24.5 Å². The summed E-state index contributed by atoms with van der Waals surface area (Å²) in [6, 6.07) is 2.62. The van der Waals surface area contributed by atoms with E-state index in [1.807, 2.05) is 4.90 Å². The summed E-state index contributed by atoms with van der Waals surface area (Å²) in [7, 11) is 0. The van der Waals surface area contributed by atoms with Gasteiger partial charge in [0.25, 0.3) is 5.69 Å². The van der Waals surface area contributed by atoms with Crippen LogP contribution in [0, 0.1) is 22.0 Å². The Kier molecular flexibility index (Phi) is 7.08. The highest BCUT2D eigenvalue weighted by atomic mass is 19.4. The van der Waals surface area contributed by atoms with Crippen LogP contribution in [0.25, 0.3) is 0 Å². The highest BCUT2D eigenvalue weighted by Gasteiger charge is 2.35. The van der Waals surface area contributed by atoms with Crippen molar-refractivity contribution in [3.05, 3.63) is 33.9 Å². The van der Waals surface area contributed by atoms with Crippen LogP contribution in [0.5, 0.6) is 0 Å². The fourth-order valence-electron chi connectivity index (χ4n) is 4.41. The maximum atomic E-state index is 12.9. The molecule has 0 radical (unpaired) electrons. The summed E-state index contributed by atoms with van der Waals surface area (Å²) in [6.45, 7) is 9.30. The lowest BCUT2D eigenvalue weighted by Crippen LogP contribution is -2.52. The fourth-order valence-corrected chi connectivity index (χ4v) is 4.41. The number of halogens is 3. The summed E-state index contributed by atoms with van der Waals surface area (Å²) in [4.78, 5) is 29.5. The maximum absolute atomic E-state index is 12.9. The molecule has 2 saturated heterocycles. The first-order valence-corrected chi connectivity index (χ1v) is 10.7. The van der Waals surface area contributed by atoms with Crippen LogP contribution in [-0.2, 0) is 11.0 Å². The lowest BCUT2D eigenvalue weighted by atomic mass is 9.94. The van der Waals surface area contributed by atoms with E-state index in [9.17, 15) is 28.1 Å². The van der Waals surface area contributed by atoms with Crippen LogP contribution in [0.3, 0.4) is 0 Å². The van der Waals surface area contributed by atoms with Crippen molar-refractivity contribution in [1.29, 1.82) is 0 Å². The summed E-state index contributed by atoms with van der Waals surface area (Å²) in [5.41, 5.74) is -1.42. The predicted octanol–water partition coefficient (Wildman–Crippen LogP) is 3.63. The quantitative estimate of drug-likeness (QED) is 0.515. The number of nitro groups is 1. The lowest BCUT2D eigenvalue weighted by molar-refractivity contribution is -0.384. The molecule has 0 bridgehead atoms. The monoisotopic (exact) mass is 442 g/mol. The van der Waals surface area contributed by atoms with Crippen LogP contribution < -0.4 is 4.90 Å². The molecule has 0 atom stereocenters. The zero-order valence-corrected chi connectivity index (χ0v) is 17.9. The molecule has 10 heteroatoms. The number of hydrogen-bond acceptors (Lipinski definition) is 5. The number of rotatable bonds is 5.